The smallest absolute Gasteiger partial charge is 0.260 e. The molecule has 0 bridgehead atoms. The molecule has 1 aromatic heterocycles. The molecule has 7 nitrogen and oxygen atoms in total. The van der Waals surface area contributed by atoms with Gasteiger partial charge in [-0.05, 0) is 66.3 Å². The molecule has 0 spiro atoms. The predicted molar refractivity (Wildman–Crippen MR) is 123 cm³/mol. The standard InChI is InChI=1S/C25H25FN4O3/c1-16-12-20(14-22(24(16)31-3)25(26)30-32-4)21(19-9-7-8-18(13-19)15-27)10-5-6-11-23-29-28-17(2)33-23/h7-10,12-14H,5-6,11H2,1-4H3/b21-10-,30-25?. The molecule has 8 heteroatoms. The summed E-state index contributed by atoms with van der Waals surface area (Å²) in [6.45, 7) is 3.60. The van der Waals surface area contributed by atoms with Crippen molar-refractivity contribution in [1.29, 1.82) is 5.26 Å². The van der Waals surface area contributed by atoms with Crippen LogP contribution in [-0.4, -0.2) is 30.4 Å². The molecule has 0 saturated carbocycles. The summed E-state index contributed by atoms with van der Waals surface area (Å²) in [6.07, 6.45) is 4.20. The number of halogens is 1. The molecule has 0 unspecified atom stereocenters. The molecule has 1 heterocycles. The molecule has 0 N–H and O–H groups in total. The second-order valence-corrected chi connectivity index (χ2v) is 7.36. The van der Waals surface area contributed by atoms with Gasteiger partial charge in [-0.25, -0.2) is 0 Å². The van der Waals surface area contributed by atoms with E-state index in [0.29, 0.717) is 35.9 Å². The first-order valence-corrected chi connectivity index (χ1v) is 10.4. The number of nitriles is 1. The van der Waals surface area contributed by atoms with Gasteiger partial charge >= 0.3 is 0 Å². The average Bonchev–Trinajstić information content (AvgIpc) is 3.23. The van der Waals surface area contributed by atoms with Gasteiger partial charge in [-0.3, -0.25) is 0 Å². The minimum absolute atomic E-state index is 0.193. The number of allylic oxidation sites excluding steroid dienone is 1. The van der Waals surface area contributed by atoms with Crippen LogP contribution in [0.4, 0.5) is 4.39 Å². The van der Waals surface area contributed by atoms with E-state index in [2.05, 4.69) is 32.3 Å². The highest BCUT2D eigenvalue weighted by Crippen LogP contribution is 2.33. The summed E-state index contributed by atoms with van der Waals surface area (Å²) < 4.78 is 25.5. The van der Waals surface area contributed by atoms with Crippen LogP contribution >= 0.6 is 0 Å². The molecule has 0 amide bonds. The van der Waals surface area contributed by atoms with Gasteiger partial charge in [-0.2, -0.15) is 9.65 Å². The van der Waals surface area contributed by atoms with E-state index in [1.165, 1.54) is 14.2 Å². The topological polar surface area (TPSA) is 93.5 Å². The van der Waals surface area contributed by atoms with E-state index in [9.17, 15) is 9.65 Å². The fourth-order valence-corrected chi connectivity index (χ4v) is 3.58. The maximum Gasteiger partial charge on any atom is 0.260 e. The van der Waals surface area contributed by atoms with Gasteiger partial charge in [-0.1, -0.05) is 23.4 Å². The fraction of sp³-hybridized carbons (Fsp3) is 0.280. The molecule has 0 aliphatic carbocycles. The van der Waals surface area contributed by atoms with Crippen LogP contribution < -0.4 is 4.74 Å². The largest absolute Gasteiger partial charge is 0.496 e. The van der Waals surface area contributed by atoms with Crippen molar-refractivity contribution < 1.29 is 18.4 Å². The van der Waals surface area contributed by atoms with Gasteiger partial charge < -0.3 is 14.0 Å². The molecule has 0 aliphatic heterocycles. The van der Waals surface area contributed by atoms with Crippen LogP contribution in [0, 0.1) is 25.2 Å². The molecule has 33 heavy (non-hydrogen) atoms. The minimum Gasteiger partial charge on any atom is -0.496 e. The summed E-state index contributed by atoms with van der Waals surface area (Å²) in [5.74, 6) is 0.731. The first-order chi connectivity index (χ1) is 16.0. The highest BCUT2D eigenvalue weighted by molar-refractivity contribution is 5.98. The first kappa shape index (κ1) is 23.7. The Labute approximate surface area is 192 Å². The lowest BCUT2D eigenvalue weighted by atomic mass is 9.92. The summed E-state index contributed by atoms with van der Waals surface area (Å²) in [5, 5.41) is 20.7. The van der Waals surface area contributed by atoms with E-state index in [1.807, 2.05) is 31.2 Å². The predicted octanol–water partition coefficient (Wildman–Crippen LogP) is 5.30. The Balaban J connectivity index is 2.03. The molecular weight excluding hydrogens is 423 g/mol. The normalized spacial score (nSPS) is 11.9. The van der Waals surface area contributed by atoms with E-state index >= 15 is 0 Å². The van der Waals surface area contributed by atoms with Crippen LogP contribution in [0.1, 0.15) is 52.4 Å². The Hall–Kier alpha value is -3.99. The van der Waals surface area contributed by atoms with E-state index in [1.54, 1.807) is 19.1 Å². The summed E-state index contributed by atoms with van der Waals surface area (Å²) in [5.41, 5.74) is 3.97. The highest BCUT2D eigenvalue weighted by atomic mass is 19.1. The van der Waals surface area contributed by atoms with Crippen molar-refractivity contribution >= 4 is 11.5 Å². The lowest BCUT2D eigenvalue weighted by Crippen LogP contribution is -2.03. The van der Waals surface area contributed by atoms with Crippen LogP contribution in [0.5, 0.6) is 5.75 Å². The average molecular weight is 448 g/mol. The molecule has 0 saturated heterocycles. The minimum atomic E-state index is -0.781. The number of hydrogen-bond donors (Lipinski definition) is 0. The quantitative estimate of drug-likeness (QED) is 0.251. The van der Waals surface area contributed by atoms with Gasteiger partial charge in [0.15, 0.2) is 0 Å². The lowest BCUT2D eigenvalue weighted by molar-refractivity contribution is 0.209. The molecule has 170 valence electrons. The van der Waals surface area contributed by atoms with Crippen molar-refractivity contribution in [2.24, 2.45) is 5.16 Å². The fourth-order valence-electron chi connectivity index (χ4n) is 3.58. The Bertz CT molecular complexity index is 1220. The number of unbranched alkanes of at least 4 members (excludes halogenated alkanes) is 1. The van der Waals surface area contributed by atoms with Crippen LogP contribution in [0.15, 0.2) is 52.0 Å². The van der Waals surface area contributed by atoms with Crippen molar-refractivity contribution in [3.63, 3.8) is 0 Å². The molecule has 0 aliphatic rings. The van der Waals surface area contributed by atoms with Gasteiger partial charge in [0.1, 0.15) is 12.9 Å². The second-order valence-electron chi connectivity index (χ2n) is 7.36. The molecular formula is C25H25FN4O3. The molecule has 0 radical (unpaired) electrons. The highest BCUT2D eigenvalue weighted by Gasteiger charge is 2.17. The van der Waals surface area contributed by atoms with Gasteiger partial charge in [0.2, 0.25) is 11.8 Å². The number of methoxy groups -OCH3 is 1. The summed E-state index contributed by atoms with van der Waals surface area (Å²) >= 11 is 0. The zero-order valence-electron chi connectivity index (χ0n) is 19.1. The number of rotatable bonds is 9. The second kappa shape index (κ2) is 11.0. The zero-order valence-corrected chi connectivity index (χ0v) is 19.1. The van der Waals surface area contributed by atoms with Gasteiger partial charge in [0.25, 0.3) is 5.97 Å². The maximum absolute atomic E-state index is 14.7. The number of aromatic nitrogens is 2. The lowest BCUT2D eigenvalue weighted by Gasteiger charge is -2.15. The number of aryl methyl sites for hydroxylation is 3. The molecule has 0 atom stereocenters. The van der Waals surface area contributed by atoms with Crippen LogP contribution in [0.25, 0.3) is 5.57 Å². The molecule has 2 aromatic carbocycles. The van der Waals surface area contributed by atoms with Crippen molar-refractivity contribution in [3.8, 4) is 11.8 Å². The monoisotopic (exact) mass is 448 g/mol. The Kier molecular flexibility index (Phi) is 7.92. The van der Waals surface area contributed by atoms with Crippen molar-refractivity contribution in [1.82, 2.24) is 10.2 Å². The number of oxime groups is 1. The summed E-state index contributed by atoms with van der Waals surface area (Å²) in [4.78, 5) is 4.62. The number of hydrogen-bond acceptors (Lipinski definition) is 7. The summed E-state index contributed by atoms with van der Waals surface area (Å²) in [6, 6.07) is 13.1. The van der Waals surface area contributed by atoms with E-state index < -0.39 is 5.97 Å². The van der Waals surface area contributed by atoms with Crippen molar-refractivity contribution in [2.45, 2.75) is 33.1 Å². The third-order valence-electron chi connectivity index (χ3n) is 5.00. The van der Waals surface area contributed by atoms with Gasteiger partial charge in [-0.15, -0.1) is 10.2 Å². The molecule has 0 fully saturated rings. The third-order valence-corrected chi connectivity index (χ3v) is 5.00. The van der Waals surface area contributed by atoms with Crippen molar-refractivity contribution in [3.05, 3.63) is 82.1 Å². The van der Waals surface area contributed by atoms with Crippen LogP contribution in [0.3, 0.4) is 0 Å². The SMILES string of the molecule is CON=C(F)c1cc(/C(=C\CCCc2nnc(C)o2)c2cccc(C#N)c2)cc(C)c1OC. The van der Waals surface area contributed by atoms with Crippen LogP contribution in [0.2, 0.25) is 0 Å². The van der Waals surface area contributed by atoms with E-state index in [0.717, 1.165) is 28.7 Å². The maximum atomic E-state index is 14.7. The van der Waals surface area contributed by atoms with Crippen molar-refractivity contribution in [2.75, 3.05) is 14.2 Å². The zero-order chi connectivity index (χ0) is 23.8. The molecule has 3 rings (SSSR count). The third kappa shape index (κ3) is 5.83. The van der Waals surface area contributed by atoms with E-state index in [-0.39, 0.29) is 5.56 Å². The Morgan fingerprint density at radius 1 is 1.18 bits per heavy atom. The summed E-state index contributed by atoms with van der Waals surface area (Å²) in [7, 11) is 2.77. The number of ether oxygens (including phenoxy) is 1. The number of nitrogens with zero attached hydrogens (tertiary/aromatic N) is 4. The first-order valence-electron chi connectivity index (χ1n) is 10.4. The van der Waals surface area contributed by atoms with Gasteiger partial charge in [0.05, 0.1) is 24.3 Å². The number of benzene rings is 2. The molecule has 3 aromatic rings. The van der Waals surface area contributed by atoms with Gasteiger partial charge in [0, 0.05) is 13.3 Å². The van der Waals surface area contributed by atoms with Crippen LogP contribution in [-0.2, 0) is 11.3 Å². The Morgan fingerprint density at radius 3 is 2.67 bits per heavy atom. The Morgan fingerprint density at radius 2 is 2.00 bits per heavy atom. The van der Waals surface area contributed by atoms with E-state index in [4.69, 9.17) is 9.15 Å².